The van der Waals surface area contributed by atoms with Gasteiger partial charge in [-0.25, -0.2) is 4.98 Å². The molecular formula is C16H27N3O. The molecule has 1 aliphatic heterocycles. The van der Waals surface area contributed by atoms with Crippen LogP contribution in [0.5, 0.6) is 0 Å². The van der Waals surface area contributed by atoms with Gasteiger partial charge >= 0.3 is 0 Å². The molecule has 112 valence electrons. The molecule has 0 amide bonds. The van der Waals surface area contributed by atoms with E-state index in [1.165, 1.54) is 12.0 Å². The van der Waals surface area contributed by atoms with Crippen LogP contribution >= 0.6 is 0 Å². The summed E-state index contributed by atoms with van der Waals surface area (Å²) < 4.78 is 5.48. The van der Waals surface area contributed by atoms with Crippen molar-refractivity contribution in [2.75, 3.05) is 31.6 Å². The molecule has 1 saturated heterocycles. The summed E-state index contributed by atoms with van der Waals surface area (Å²) in [6.07, 6.45) is 4.59. The first-order valence-electron chi connectivity index (χ1n) is 7.62. The van der Waals surface area contributed by atoms with Crippen molar-refractivity contribution in [3.05, 3.63) is 23.9 Å². The Balaban J connectivity index is 1.94. The van der Waals surface area contributed by atoms with Crippen LogP contribution in [0.15, 0.2) is 18.3 Å². The summed E-state index contributed by atoms with van der Waals surface area (Å²) in [6.45, 7) is 8.44. The van der Waals surface area contributed by atoms with E-state index in [2.05, 4.69) is 41.2 Å². The lowest BCUT2D eigenvalue weighted by atomic mass is 10.1. The van der Waals surface area contributed by atoms with E-state index in [-0.39, 0.29) is 0 Å². The molecule has 1 unspecified atom stereocenters. The summed E-state index contributed by atoms with van der Waals surface area (Å²) in [5.41, 5.74) is 1.30. The molecule has 0 saturated carbocycles. The number of hydrogen-bond donors (Lipinski definition) is 1. The van der Waals surface area contributed by atoms with Crippen LogP contribution in [-0.2, 0) is 11.3 Å². The summed E-state index contributed by atoms with van der Waals surface area (Å²) in [5, 5.41) is 3.48. The highest BCUT2D eigenvalue weighted by atomic mass is 16.5. The van der Waals surface area contributed by atoms with E-state index in [1.54, 1.807) is 7.11 Å². The standard InChI is InChI=1S/C16H27N3O/c1-13(2)10-17-11-14-6-7-18-16(9-14)19-8-4-5-15(12-19)20-3/h6-7,9,13,15,17H,4-5,8,10-12H2,1-3H3. The molecule has 0 bridgehead atoms. The maximum Gasteiger partial charge on any atom is 0.128 e. The third kappa shape index (κ3) is 4.46. The van der Waals surface area contributed by atoms with Gasteiger partial charge in [0.1, 0.15) is 5.82 Å². The molecule has 4 heteroatoms. The van der Waals surface area contributed by atoms with Gasteiger partial charge in [-0.1, -0.05) is 13.8 Å². The second-order valence-corrected chi connectivity index (χ2v) is 5.99. The number of anilines is 1. The number of nitrogens with one attached hydrogen (secondary N) is 1. The molecule has 0 radical (unpaired) electrons. The van der Waals surface area contributed by atoms with Crippen molar-refractivity contribution in [2.24, 2.45) is 5.92 Å². The third-order valence-electron chi connectivity index (χ3n) is 3.73. The maximum absolute atomic E-state index is 5.48. The van der Waals surface area contributed by atoms with Gasteiger partial charge in [-0.3, -0.25) is 0 Å². The lowest BCUT2D eigenvalue weighted by molar-refractivity contribution is 0.0891. The van der Waals surface area contributed by atoms with Gasteiger partial charge in [0, 0.05) is 32.9 Å². The van der Waals surface area contributed by atoms with Crippen LogP contribution in [0, 0.1) is 5.92 Å². The minimum absolute atomic E-state index is 0.341. The lowest BCUT2D eigenvalue weighted by Gasteiger charge is -2.32. The lowest BCUT2D eigenvalue weighted by Crippen LogP contribution is -2.39. The fourth-order valence-electron chi connectivity index (χ4n) is 2.59. The average molecular weight is 277 g/mol. The molecule has 2 heterocycles. The summed E-state index contributed by atoms with van der Waals surface area (Å²) >= 11 is 0. The topological polar surface area (TPSA) is 37.4 Å². The van der Waals surface area contributed by atoms with E-state index in [4.69, 9.17) is 4.74 Å². The number of methoxy groups -OCH3 is 1. The smallest absolute Gasteiger partial charge is 0.128 e. The average Bonchev–Trinajstić information content (AvgIpc) is 2.47. The predicted octanol–water partition coefficient (Wildman–Crippen LogP) is 2.44. The highest BCUT2D eigenvalue weighted by Crippen LogP contribution is 2.20. The zero-order valence-electron chi connectivity index (χ0n) is 12.9. The number of hydrogen-bond acceptors (Lipinski definition) is 4. The highest BCUT2D eigenvalue weighted by Gasteiger charge is 2.20. The Labute approximate surface area is 122 Å². The molecule has 1 atom stereocenters. The van der Waals surface area contributed by atoms with Crippen molar-refractivity contribution in [1.82, 2.24) is 10.3 Å². The van der Waals surface area contributed by atoms with Crippen molar-refractivity contribution in [3.63, 3.8) is 0 Å². The Bertz CT molecular complexity index is 408. The Morgan fingerprint density at radius 1 is 1.50 bits per heavy atom. The first-order valence-corrected chi connectivity index (χ1v) is 7.62. The number of rotatable bonds is 6. The van der Waals surface area contributed by atoms with Crippen LogP contribution < -0.4 is 10.2 Å². The van der Waals surface area contributed by atoms with E-state index >= 15 is 0 Å². The third-order valence-corrected chi connectivity index (χ3v) is 3.73. The largest absolute Gasteiger partial charge is 0.380 e. The minimum Gasteiger partial charge on any atom is -0.380 e. The van der Waals surface area contributed by atoms with E-state index in [0.717, 1.165) is 38.4 Å². The fraction of sp³-hybridized carbons (Fsp3) is 0.688. The van der Waals surface area contributed by atoms with Crippen LogP contribution in [0.4, 0.5) is 5.82 Å². The summed E-state index contributed by atoms with van der Waals surface area (Å²) in [5.74, 6) is 1.76. The number of pyridine rings is 1. The first-order chi connectivity index (χ1) is 9.69. The van der Waals surface area contributed by atoms with E-state index in [9.17, 15) is 0 Å². The Morgan fingerprint density at radius 2 is 2.35 bits per heavy atom. The fourth-order valence-corrected chi connectivity index (χ4v) is 2.59. The van der Waals surface area contributed by atoms with Crippen LogP contribution in [0.25, 0.3) is 0 Å². The quantitative estimate of drug-likeness (QED) is 0.866. The van der Waals surface area contributed by atoms with Gasteiger partial charge in [-0.2, -0.15) is 0 Å². The molecule has 1 aliphatic rings. The van der Waals surface area contributed by atoms with E-state index in [1.807, 2.05) is 6.20 Å². The van der Waals surface area contributed by atoms with E-state index in [0.29, 0.717) is 12.0 Å². The van der Waals surface area contributed by atoms with Gasteiger partial charge in [-0.15, -0.1) is 0 Å². The number of aromatic nitrogens is 1. The summed E-state index contributed by atoms with van der Waals surface area (Å²) in [6, 6.07) is 4.29. The maximum atomic E-state index is 5.48. The molecular weight excluding hydrogens is 250 g/mol. The van der Waals surface area contributed by atoms with Gasteiger partial charge in [0.15, 0.2) is 0 Å². The first kappa shape index (κ1) is 15.3. The van der Waals surface area contributed by atoms with Crippen LogP contribution in [-0.4, -0.2) is 37.8 Å². The molecule has 1 aromatic rings. The second kappa shape index (κ2) is 7.60. The SMILES string of the molecule is COC1CCCN(c2cc(CNCC(C)C)ccn2)C1. The molecule has 0 aromatic carbocycles. The zero-order valence-corrected chi connectivity index (χ0v) is 12.9. The Morgan fingerprint density at radius 3 is 3.10 bits per heavy atom. The van der Waals surface area contributed by atoms with Crippen molar-refractivity contribution >= 4 is 5.82 Å². The number of ether oxygens (including phenoxy) is 1. The molecule has 4 nitrogen and oxygen atoms in total. The van der Waals surface area contributed by atoms with Crippen molar-refractivity contribution in [2.45, 2.75) is 39.3 Å². The van der Waals surface area contributed by atoms with Crippen molar-refractivity contribution < 1.29 is 4.74 Å². The molecule has 1 fully saturated rings. The zero-order chi connectivity index (χ0) is 14.4. The highest BCUT2D eigenvalue weighted by molar-refractivity contribution is 5.41. The molecule has 1 aromatic heterocycles. The van der Waals surface area contributed by atoms with Gasteiger partial charge in [0.05, 0.1) is 6.10 Å². The van der Waals surface area contributed by atoms with Crippen molar-refractivity contribution in [1.29, 1.82) is 0 Å². The van der Waals surface area contributed by atoms with Crippen molar-refractivity contribution in [3.8, 4) is 0 Å². The molecule has 20 heavy (non-hydrogen) atoms. The van der Waals surface area contributed by atoms with Gasteiger partial charge in [0.25, 0.3) is 0 Å². The predicted molar refractivity (Wildman–Crippen MR) is 83.0 cm³/mol. The summed E-state index contributed by atoms with van der Waals surface area (Å²) in [7, 11) is 1.80. The number of piperidine rings is 1. The normalized spacial score (nSPS) is 19.6. The van der Waals surface area contributed by atoms with Crippen LogP contribution in [0.2, 0.25) is 0 Å². The van der Waals surface area contributed by atoms with Gasteiger partial charge in [-0.05, 0) is 43.0 Å². The summed E-state index contributed by atoms with van der Waals surface area (Å²) in [4.78, 5) is 6.85. The van der Waals surface area contributed by atoms with Crippen LogP contribution in [0.1, 0.15) is 32.3 Å². The second-order valence-electron chi connectivity index (χ2n) is 5.99. The minimum atomic E-state index is 0.341. The molecule has 1 N–H and O–H groups in total. The Hall–Kier alpha value is -1.13. The monoisotopic (exact) mass is 277 g/mol. The molecule has 2 rings (SSSR count). The molecule has 0 spiro atoms. The van der Waals surface area contributed by atoms with E-state index < -0.39 is 0 Å². The van der Waals surface area contributed by atoms with Crippen LogP contribution in [0.3, 0.4) is 0 Å². The van der Waals surface area contributed by atoms with Gasteiger partial charge < -0.3 is 15.0 Å². The van der Waals surface area contributed by atoms with Gasteiger partial charge in [0.2, 0.25) is 0 Å². The number of nitrogens with zero attached hydrogens (tertiary/aromatic N) is 2. The molecule has 0 aliphatic carbocycles. The Kier molecular flexibility index (Phi) is 5.80.